The summed E-state index contributed by atoms with van der Waals surface area (Å²) in [5, 5.41) is 2.88. The molecule has 1 aromatic carbocycles. The van der Waals surface area contributed by atoms with Crippen molar-refractivity contribution < 1.29 is 14.3 Å². The summed E-state index contributed by atoms with van der Waals surface area (Å²) < 4.78 is 11.2. The van der Waals surface area contributed by atoms with Gasteiger partial charge in [-0.3, -0.25) is 9.79 Å². The lowest BCUT2D eigenvalue weighted by atomic mass is 9.92. The number of nitrogens with zero attached hydrogens (tertiary/aromatic N) is 2. The highest BCUT2D eigenvalue weighted by Crippen LogP contribution is 2.30. The van der Waals surface area contributed by atoms with Gasteiger partial charge in [0.2, 0.25) is 0 Å². The molecule has 2 heterocycles. The molecule has 2 aliphatic rings. The van der Waals surface area contributed by atoms with Crippen molar-refractivity contribution in [3.63, 3.8) is 0 Å². The molecular weight excluding hydrogens is 392 g/mol. The average molecular weight is 417 g/mol. The Morgan fingerprint density at radius 1 is 1.34 bits per heavy atom. The zero-order chi connectivity index (χ0) is 19.6. The van der Waals surface area contributed by atoms with Gasteiger partial charge in [0.05, 0.1) is 19.4 Å². The van der Waals surface area contributed by atoms with Gasteiger partial charge >= 0.3 is 0 Å². The number of hydrogen-bond donors (Lipinski definition) is 2. The molecule has 0 radical (unpaired) electrons. The molecule has 1 aromatic heterocycles. The number of nitrogens with one attached hydrogen (secondary N) is 1. The molecule has 1 fully saturated rings. The van der Waals surface area contributed by atoms with Crippen molar-refractivity contribution in [2.24, 2.45) is 16.6 Å². The second-order valence-electron chi connectivity index (χ2n) is 7.54. The molecule has 1 unspecified atom stereocenters. The standard InChI is InChI=1S/C21H24N4O3.ClH/c1-21(13-27-12-19(22)25-21)15-3-2-4-16(9-15)24-20(26)18-8-7-17(10-23-18)28-11-14-5-6-14;/h2-4,7-10,14H,5-6,11-13H2,1H3,(H2,22,25)(H,24,26);1H. The molecule has 0 saturated heterocycles. The molecule has 1 saturated carbocycles. The minimum atomic E-state index is -0.568. The monoisotopic (exact) mass is 416 g/mol. The molecule has 1 atom stereocenters. The summed E-state index contributed by atoms with van der Waals surface area (Å²) in [7, 11) is 0. The third-order valence-electron chi connectivity index (χ3n) is 4.92. The van der Waals surface area contributed by atoms with Gasteiger partial charge in [-0.05, 0) is 55.5 Å². The highest BCUT2D eigenvalue weighted by molar-refractivity contribution is 6.02. The number of carbonyl (C=O) groups is 1. The van der Waals surface area contributed by atoms with Gasteiger partial charge in [0.1, 0.15) is 29.4 Å². The SMILES string of the molecule is CC1(c2cccc(NC(=O)c3ccc(OCC4CC4)cn3)c2)COCC(N)=N1.Cl. The molecule has 1 amide bonds. The summed E-state index contributed by atoms with van der Waals surface area (Å²) in [4.78, 5) is 21.3. The molecular formula is C21H25ClN4O3. The first-order chi connectivity index (χ1) is 13.5. The van der Waals surface area contributed by atoms with E-state index < -0.39 is 5.54 Å². The van der Waals surface area contributed by atoms with Crippen LogP contribution in [0.15, 0.2) is 47.6 Å². The molecule has 3 N–H and O–H groups in total. The molecule has 0 spiro atoms. The first kappa shape index (κ1) is 21.1. The Morgan fingerprint density at radius 3 is 2.86 bits per heavy atom. The molecule has 1 aliphatic heterocycles. The number of nitrogens with two attached hydrogens (primary N) is 1. The number of amidine groups is 1. The number of anilines is 1. The fraction of sp³-hybridized carbons (Fsp3) is 0.381. The number of rotatable bonds is 6. The largest absolute Gasteiger partial charge is 0.492 e. The minimum absolute atomic E-state index is 0. The van der Waals surface area contributed by atoms with Crippen LogP contribution in [-0.2, 0) is 10.3 Å². The zero-order valence-corrected chi connectivity index (χ0v) is 17.1. The summed E-state index contributed by atoms with van der Waals surface area (Å²) in [6.07, 6.45) is 4.05. The molecule has 1 aliphatic carbocycles. The van der Waals surface area contributed by atoms with Crippen LogP contribution in [0.2, 0.25) is 0 Å². The second kappa shape index (κ2) is 8.80. The third-order valence-corrected chi connectivity index (χ3v) is 4.92. The maximum Gasteiger partial charge on any atom is 0.274 e. The fourth-order valence-electron chi connectivity index (χ4n) is 3.11. The molecule has 2 aromatic rings. The highest BCUT2D eigenvalue weighted by Gasteiger charge is 2.30. The normalized spacial score (nSPS) is 20.9. The van der Waals surface area contributed by atoms with Gasteiger partial charge in [-0.1, -0.05) is 12.1 Å². The number of halogens is 1. The predicted molar refractivity (Wildman–Crippen MR) is 114 cm³/mol. The van der Waals surface area contributed by atoms with Crippen LogP contribution in [0.25, 0.3) is 0 Å². The van der Waals surface area contributed by atoms with E-state index in [0.29, 0.717) is 42.1 Å². The number of carbonyl (C=O) groups excluding carboxylic acids is 1. The maximum absolute atomic E-state index is 12.5. The van der Waals surface area contributed by atoms with Crippen molar-refractivity contribution in [3.05, 3.63) is 53.9 Å². The Morgan fingerprint density at radius 2 is 2.17 bits per heavy atom. The van der Waals surface area contributed by atoms with Gasteiger partial charge in [0.25, 0.3) is 5.91 Å². The molecule has 29 heavy (non-hydrogen) atoms. The van der Waals surface area contributed by atoms with Gasteiger partial charge < -0.3 is 20.5 Å². The van der Waals surface area contributed by atoms with Crippen LogP contribution in [-0.4, -0.2) is 36.5 Å². The van der Waals surface area contributed by atoms with Crippen LogP contribution >= 0.6 is 12.4 Å². The zero-order valence-electron chi connectivity index (χ0n) is 16.3. The summed E-state index contributed by atoms with van der Waals surface area (Å²) in [6.45, 7) is 3.46. The third kappa shape index (κ3) is 5.25. The maximum atomic E-state index is 12.5. The minimum Gasteiger partial charge on any atom is -0.492 e. The van der Waals surface area contributed by atoms with Gasteiger partial charge in [-0.25, -0.2) is 4.98 Å². The Bertz CT molecular complexity index is 899. The lowest BCUT2D eigenvalue weighted by Gasteiger charge is -2.30. The number of aliphatic imine (C=N–C) groups is 1. The van der Waals surface area contributed by atoms with Crippen molar-refractivity contribution in [2.75, 3.05) is 25.1 Å². The number of ether oxygens (including phenoxy) is 2. The predicted octanol–water partition coefficient (Wildman–Crippen LogP) is 3.15. The van der Waals surface area contributed by atoms with E-state index in [1.807, 2.05) is 31.2 Å². The van der Waals surface area contributed by atoms with E-state index in [4.69, 9.17) is 15.2 Å². The summed E-state index contributed by atoms with van der Waals surface area (Å²) in [5.74, 6) is 1.55. The van der Waals surface area contributed by atoms with Crippen molar-refractivity contribution in [3.8, 4) is 5.75 Å². The molecule has 8 heteroatoms. The number of benzene rings is 1. The van der Waals surface area contributed by atoms with Crippen LogP contribution in [0.3, 0.4) is 0 Å². The fourth-order valence-corrected chi connectivity index (χ4v) is 3.11. The lowest BCUT2D eigenvalue weighted by Crippen LogP contribution is -2.37. The van der Waals surface area contributed by atoms with E-state index in [2.05, 4.69) is 15.3 Å². The summed E-state index contributed by atoms with van der Waals surface area (Å²) >= 11 is 0. The van der Waals surface area contributed by atoms with Crippen LogP contribution in [0.1, 0.15) is 35.8 Å². The van der Waals surface area contributed by atoms with Gasteiger partial charge in [-0.2, -0.15) is 0 Å². The number of hydrogen-bond acceptors (Lipinski definition) is 6. The first-order valence-electron chi connectivity index (χ1n) is 9.44. The second-order valence-corrected chi connectivity index (χ2v) is 7.54. The van der Waals surface area contributed by atoms with E-state index >= 15 is 0 Å². The van der Waals surface area contributed by atoms with E-state index in [1.54, 1.807) is 18.3 Å². The van der Waals surface area contributed by atoms with Crippen molar-refractivity contribution in [2.45, 2.75) is 25.3 Å². The van der Waals surface area contributed by atoms with Crippen LogP contribution < -0.4 is 15.8 Å². The Labute approximate surface area is 176 Å². The topological polar surface area (TPSA) is 98.8 Å². The Balaban J connectivity index is 0.00000240. The molecule has 0 bridgehead atoms. The first-order valence-corrected chi connectivity index (χ1v) is 9.44. The number of pyridine rings is 1. The summed E-state index contributed by atoms with van der Waals surface area (Å²) in [5.41, 5.74) is 7.18. The highest BCUT2D eigenvalue weighted by atomic mass is 35.5. The van der Waals surface area contributed by atoms with Gasteiger partial charge in [0, 0.05) is 5.69 Å². The van der Waals surface area contributed by atoms with Gasteiger partial charge in [0.15, 0.2) is 0 Å². The smallest absolute Gasteiger partial charge is 0.274 e. The Hall–Kier alpha value is -2.64. The summed E-state index contributed by atoms with van der Waals surface area (Å²) in [6, 6.07) is 11.0. The van der Waals surface area contributed by atoms with Crippen molar-refractivity contribution >= 4 is 29.8 Å². The lowest BCUT2D eigenvalue weighted by molar-refractivity contribution is 0.102. The average Bonchev–Trinajstić information content (AvgIpc) is 3.51. The molecule has 154 valence electrons. The van der Waals surface area contributed by atoms with E-state index in [1.165, 1.54) is 12.8 Å². The van der Waals surface area contributed by atoms with Gasteiger partial charge in [-0.15, -0.1) is 12.4 Å². The quantitative estimate of drug-likeness (QED) is 0.753. The van der Waals surface area contributed by atoms with Crippen molar-refractivity contribution in [1.82, 2.24) is 4.98 Å². The molecule has 7 nitrogen and oxygen atoms in total. The molecule has 4 rings (SSSR count). The number of amides is 1. The van der Waals surface area contributed by atoms with E-state index in [-0.39, 0.29) is 18.3 Å². The van der Waals surface area contributed by atoms with E-state index in [0.717, 1.165) is 12.2 Å². The van der Waals surface area contributed by atoms with Crippen LogP contribution in [0, 0.1) is 5.92 Å². The van der Waals surface area contributed by atoms with Crippen molar-refractivity contribution in [1.29, 1.82) is 0 Å². The van der Waals surface area contributed by atoms with Crippen LogP contribution in [0.4, 0.5) is 5.69 Å². The number of aromatic nitrogens is 1. The Kier molecular flexibility index (Phi) is 6.39. The van der Waals surface area contributed by atoms with E-state index in [9.17, 15) is 4.79 Å². The van der Waals surface area contributed by atoms with Crippen LogP contribution in [0.5, 0.6) is 5.75 Å².